The molecule has 0 aliphatic heterocycles. The molecule has 0 fully saturated rings. The molecule has 2 aromatic carbocycles. The quantitative estimate of drug-likeness (QED) is 0.607. The van der Waals surface area contributed by atoms with Crippen molar-refractivity contribution in [2.24, 2.45) is 0 Å². The summed E-state index contributed by atoms with van der Waals surface area (Å²) in [4.78, 5) is 13.0. The summed E-state index contributed by atoms with van der Waals surface area (Å²) in [7, 11) is -7.99. The Kier molecular flexibility index (Phi) is 4.24. The van der Waals surface area contributed by atoms with E-state index < -0.39 is 25.8 Å². The molecule has 1 aromatic heterocycles. The number of sulfone groups is 1. The van der Waals surface area contributed by atoms with Crippen molar-refractivity contribution >= 4 is 42.4 Å². The van der Waals surface area contributed by atoms with Crippen LogP contribution in [0.3, 0.4) is 0 Å². The Balaban J connectivity index is 2.13. The monoisotopic (exact) mass is 394 g/mol. The van der Waals surface area contributed by atoms with E-state index in [1.165, 1.54) is 36.4 Å². The van der Waals surface area contributed by atoms with Gasteiger partial charge in [-0.2, -0.15) is 0 Å². The molecule has 10 heteroatoms. The lowest BCUT2D eigenvalue weighted by atomic mass is 10.2. The molecule has 0 amide bonds. The first-order chi connectivity index (χ1) is 12.1. The zero-order chi connectivity index (χ0) is 19.1. The van der Waals surface area contributed by atoms with Crippen LogP contribution in [0.25, 0.3) is 10.9 Å². The van der Waals surface area contributed by atoms with Crippen molar-refractivity contribution < 1.29 is 26.7 Å². The number of hydrogen-bond acceptors (Lipinski definition) is 5. The third-order valence-electron chi connectivity index (χ3n) is 3.67. The van der Waals surface area contributed by atoms with Gasteiger partial charge in [0.05, 0.1) is 16.1 Å². The lowest BCUT2D eigenvalue weighted by Gasteiger charge is -2.12. The van der Waals surface area contributed by atoms with Gasteiger partial charge in [-0.3, -0.25) is 4.72 Å². The second-order valence-electron chi connectivity index (χ2n) is 5.58. The molecule has 0 aliphatic carbocycles. The fraction of sp³-hybridized carbons (Fsp3) is 0.0625. The number of fused-ring (bicyclic) bond motifs is 1. The van der Waals surface area contributed by atoms with Gasteiger partial charge in [0.1, 0.15) is 10.6 Å². The molecule has 0 spiro atoms. The fourth-order valence-corrected chi connectivity index (χ4v) is 5.24. The number of carboxylic acids is 1. The average molecular weight is 394 g/mol. The zero-order valence-corrected chi connectivity index (χ0v) is 15.1. The Morgan fingerprint density at radius 3 is 2.27 bits per heavy atom. The van der Waals surface area contributed by atoms with E-state index in [0.717, 1.165) is 6.26 Å². The van der Waals surface area contributed by atoms with Crippen molar-refractivity contribution in [1.29, 1.82) is 0 Å². The van der Waals surface area contributed by atoms with Crippen LogP contribution in [0, 0.1) is 0 Å². The molecule has 0 saturated carbocycles. The first kappa shape index (κ1) is 18.0. The highest BCUT2D eigenvalue weighted by atomic mass is 32.2. The molecule has 26 heavy (non-hydrogen) atoms. The molecule has 136 valence electrons. The number of rotatable bonds is 5. The van der Waals surface area contributed by atoms with Crippen LogP contribution >= 0.6 is 0 Å². The predicted molar refractivity (Wildman–Crippen MR) is 95.6 cm³/mol. The van der Waals surface area contributed by atoms with Gasteiger partial charge in [0.2, 0.25) is 0 Å². The Labute approximate surface area is 149 Å². The molecule has 8 nitrogen and oxygen atoms in total. The number of H-pyrrole nitrogens is 1. The average Bonchev–Trinajstić information content (AvgIpc) is 2.99. The molecular weight excluding hydrogens is 380 g/mol. The molecule has 3 rings (SSSR count). The fourth-order valence-electron chi connectivity index (χ4n) is 2.53. The van der Waals surface area contributed by atoms with E-state index >= 15 is 0 Å². The first-order valence-corrected chi connectivity index (χ1v) is 10.6. The van der Waals surface area contributed by atoms with Gasteiger partial charge < -0.3 is 10.1 Å². The van der Waals surface area contributed by atoms with E-state index in [4.69, 9.17) is 5.11 Å². The SMILES string of the molecule is CS(=O)(=O)c1ccccc1S(=O)(=O)Nc1cccc2cc(C(=O)O)[nH]c12. The lowest BCUT2D eigenvalue weighted by molar-refractivity contribution is 0.0691. The maximum absolute atomic E-state index is 12.7. The standard InChI is InChI=1S/C16H14N2O6S2/c1-25(21,22)13-7-2-3-8-14(13)26(23,24)18-11-6-4-5-10-9-12(16(19)20)17-15(10)11/h2-9,17-18H,1H3,(H,19,20). The van der Waals surface area contributed by atoms with Crippen molar-refractivity contribution in [1.82, 2.24) is 4.98 Å². The third kappa shape index (κ3) is 3.28. The normalized spacial score (nSPS) is 12.2. The van der Waals surface area contributed by atoms with E-state index in [9.17, 15) is 21.6 Å². The number of para-hydroxylation sites is 1. The highest BCUT2D eigenvalue weighted by Gasteiger charge is 2.24. The summed E-state index contributed by atoms with van der Waals surface area (Å²) in [5.41, 5.74) is 0.298. The first-order valence-electron chi connectivity index (χ1n) is 7.26. The molecule has 3 aromatic rings. The highest BCUT2D eigenvalue weighted by molar-refractivity contribution is 7.95. The number of carboxylic acid groups (broad SMARTS) is 1. The van der Waals surface area contributed by atoms with Crippen LogP contribution in [0.15, 0.2) is 58.3 Å². The number of hydrogen-bond donors (Lipinski definition) is 3. The molecule has 0 bridgehead atoms. The van der Waals surface area contributed by atoms with E-state index in [-0.39, 0.29) is 26.7 Å². The van der Waals surface area contributed by atoms with E-state index in [1.54, 1.807) is 12.1 Å². The molecular formula is C16H14N2O6S2. The minimum absolute atomic E-state index is 0.0943. The van der Waals surface area contributed by atoms with Gasteiger partial charge in [0.25, 0.3) is 10.0 Å². The maximum atomic E-state index is 12.7. The molecule has 3 N–H and O–H groups in total. The van der Waals surface area contributed by atoms with Gasteiger partial charge in [-0.15, -0.1) is 0 Å². The highest BCUT2D eigenvalue weighted by Crippen LogP contribution is 2.28. The van der Waals surface area contributed by atoms with Gasteiger partial charge in [-0.05, 0) is 24.3 Å². The Morgan fingerprint density at radius 1 is 1.00 bits per heavy atom. The summed E-state index contributed by atoms with van der Waals surface area (Å²) < 4.78 is 51.6. The number of anilines is 1. The van der Waals surface area contributed by atoms with Crippen LogP contribution in [0.5, 0.6) is 0 Å². The minimum Gasteiger partial charge on any atom is -0.477 e. The topological polar surface area (TPSA) is 133 Å². The van der Waals surface area contributed by atoms with Crippen molar-refractivity contribution in [2.45, 2.75) is 9.79 Å². The second-order valence-corrected chi connectivity index (χ2v) is 9.22. The van der Waals surface area contributed by atoms with Crippen LogP contribution in [-0.4, -0.2) is 39.2 Å². The largest absolute Gasteiger partial charge is 0.477 e. The van der Waals surface area contributed by atoms with Crippen LogP contribution in [-0.2, 0) is 19.9 Å². The zero-order valence-electron chi connectivity index (χ0n) is 13.4. The molecule has 0 saturated heterocycles. The summed E-state index contributed by atoms with van der Waals surface area (Å²) in [6.45, 7) is 0. The number of carbonyl (C=O) groups is 1. The molecule has 0 unspecified atom stereocenters. The number of aromatic carboxylic acids is 1. The number of nitrogens with one attached hydrogen (secondary N) is 2. The summed E-state index contributed by atoms with van der Waals surface area (Å²) in [5, 5.41) is 9.58. The molecule has 0 aliphatic rings. The van der Waals surface area contributed by atoms with Gasteiger partial charge in [-0.25, -0.2) is 21.6 Å². The van der Waals surface area contributed by atoms with Crippen molar-refractivity contribution in [2.75, 3.05) is 11.0 Å². The number of benzene rings is 2. The summed E-state index contributed by atoms with van der Waals surface area (Å²) in [6, 6.07) is 11.3. The van der Waals surface area contributed by atoms with Crippen LogP contribution in [0.2, 0.25) is 0 Å². The van der Waals surface area contributed by atoms with Crippen LogP contribution < -0.4 is 4.72 Å². The summed E-state index contributed by atoms with van der Waals surface area (Å²) in [6.07, 6.45) is 0.923. The Bertz CT molecular complexity index is 1230. The number of aromatic nitrogens is 1. The van der Waals surface area contributed by atoms with Gasteiger partial charge >= 0.3 is 5.97 Å². The Morgan fingerprint density at radius 2 is 1.65 bits per heavy atom. The van der Waals surface area contributed by atoms with Gasteiger partial charge in [0.15, 0.2) is 9.84 Å². The van der Waals surface area contributed by atoms with E-state index in [0.29, 0.717) is 5.39 Å². The van der Waals surface area contributed by atoms with E-state index in [1.807, 2.05) is 0 Å². The van der Waals surface area contributed by atoms with Gasteiger partial charge in [-0.1, -0.05) is 24.3 Å². The van der Waals surface area contributed by atoms with Crippen molar-refractivity contribution in [3.63, 3.8) is 0 Å². The number of sulfonamides is 1. The summed E-state index contributed by atoms with van der Waals surface area (Å²) in [5.74, 6) is -1.18. The molecule has 0 atom stereocenters. The van der Waals surface area contributed by atoms with Crippen LogP contribution in [0.1, 0.15) is 10.5 Å². The lowest BCUT2D eigenvalue weighted by Crippen LogP contribution is -2.16. The molecule has 1 heterocycles. The van der Waals surface area contributed by atoms with E-state index in [2.05, 4.69) is 9.71 Å². The van der Waals surface area contributed by atoms with Crippen molar-refractivity contribution in [3.05, 3.63) is 54.2 Å². The van der Waals surface area contributed by atoms with Crippen molar-refractivity contribution in [3.8, 4) is 0 Å². The predicted octanol–water partition coefficient (Wildman–Crippen LogP) is 2.07. The van der Waals surface area contributed by atoms with Crippen LogP contribution in [0.4, 0.5) is 5.69 Å². The minimum atomic E-state index is -4.23. The second kappa shape index (κ2) is 6.15. The third-order valence-corrected chi connectivity index (χ3v) is 6.38. The Hall–Kier alpha value is -2.85. The smallest absolute Gasteiger partial charge is 0.352 e. The van der Waals surface area contributed by atoms with Gasteiger partial charge in [0, 0.05) is 11.6 Å². The molecule has 0 radical (unpaired) electrons. The maximum Gasteiger partial charge on any atom is 0.352 e. The number of aromatic amines is 1. The summed E-state index contributed by atoms with van der Waals surface area (Å²) >= 11 is 0.